The fourth-order valence-corrected chi connectivity index (χ4v) is 3.39. The lowest BCUT2D eigenvalue weighted by molar-refractivity contribution is -0.122. The maximum atomic E-state index is 14.3. The van der Waals surface area contributed by atoms with Crippen LogP contribution in [0.1, 0.15) is 50.4 Å². The van der Waals surface area contributed by atoms with Crippen LogP contribution < -0.4 is 15.0 Å². The first-order chi connectivity index (χ1) is 14.4. The minimum atomic E-state index is -0.409. The number of carbonyl (C=O) groups excluding carboxylic acids is 1. The van der Waals surface area contributed by atoms with Crippen LogP contribution >= 0.6 is 0 Å². The number of carbonyl (C=O) groups is 1. The van der Waals surface area contributed by atoms with Crippen molar-refractivity contribution in [1.29, 1.82) is 0 Å². The summed E-state index contributed by atoms with van der Waals surface area (Å²) in [5.41, 5.74) is 0.918. The molecule has 3 rings (SSSR count). The van der Waals surface area contributed by atoms with Crippen LogP contribution in [0.4, 0.5) is 10.2 Å². The maximum absolute atomic E-state index is 14.3. The van der Waals surface area contributed by atoms with E-state index in [1.54, 1.807) is 6.08 Å². The highest BCUT2D eigenvalue weighted by atomic mass is 19.1. The first kappa shape index (κ1) is 21.7. The number of nitrogens with zero attached hydrogens (tertiary/aromatic N) is 3. The molecule has 30 heavy (non-hydrogen) atoms. The van der Waals surface area contributed by atoms with Crippen LogP contribution in [0.25, 0.3) is 0 Å². The summed E-state index contributed by atoms with van der Waals surface area (Å²) in [7, 11) is 0. The molecule has 7 heteroatoms. The van der Waals surface area contributed by atoms with Crippen molar-refractivity contribution in [2.24, 2.45) is 0 Å². The van der Waals surface area contributed by atoms with E-state index in [0.29, 0.717) is 31.3 Å². The quantitative estimate of drug-likeness (QED) is 0.668. The van der Waals surface area contributed by atoms with Gasteiger partial charge >= 0.3 is 0 Å². The summed E-state index contributed by atoms with van der Waals surface area (Å²) in [6.07, 6.45) is 3.63. The topological polar surface area (TPSA) is 67.3 Å². The summed E-state index contributed by atoms with van der Waals surface area (Å²) < 4.78 is 20.3. The Morgan fingerprint density at radius 1 is 1.37 bits per heavy atom. The highest BCUT2D eigenvalue weighted by Crippen LogP contribution is 2.26. The largest absolute Gasteiger partial charge is 0.489 e. The highest BCUT2D eigenvalue weighted by Gasteiger charge is 2.28. The third-order valence-corrected chi connectivity index (χ3v) is 5.20. The SMILES string of the molecule is C=CCNC(=O)C(C)c1ccc(OC2CCN(c3nc(C(C)C)ncc3F)C2)cc1. The van der Waals surface area contributed by atoms with E-state index in [4.69, 9.17) is 4.74 Å². The first-order valence-electron chi connectivity index (χ1n) is 10.3. The van der Waals surface area contributed by atoms with Crippen LogP contribution in [0.5, 0.6) is 5.75 Å². The zero-order valence-corrected chi connectivity index (χ0v) is 17.8. The minimum absolute atomic E-state index is 0.0392. The number of aromatic nitrogens is 2. The summed E-state index contributed by atoms with van der Waals surface area (Å²) in [6.45, 7) is 11.1. The number of nitrogens with one attached hydrogen (secondary N) is 1. The van der Waals surface area contributed by atoms with E-state index in [1.165, 1.54) is 6.20 Å². The molecule has 6 nitrogen and oxygen atoms in total. The van der Waals surface area contributed by atoms with Gasteiger partial charge < -0.3 is 15.0 Å². The number of anilines is 1. The van der Waals surface area contributed by atoms with Gasteiger partial charge in [0.2, 0.25) is 5.91 Å². The van der Waals surface area contributed by atoms with E-state index < -0.39 is 5.82 Å². The van der Waals surface area contributed by atoms with E-state index in [-0.39, 0.29) is 23.8 Å². The lowest BCUT2D eigenvalue weighted by atomic mass is 10.0. The van der Waals surface area contributed by atoms with Crippen molar-refractivity contribution in [2.45, 2.75) is 45.1 Å². The molecule has 1 amide bonds. The van der Waals surface area contributed by atoms with Gasteiger partial charge in [-0.15, -0.1) is 6.58 Å². The third kappa shape index (κ3) is 5.14. The summed E-state index contributed by atoms with van der Waals surface area (Å²) in [5.74, 6) is 1.15. The summed E-state index contributed by atoms with van der Waals surface area (Å²) in [6, 6.07) is 7.55. The number of hydrogen-bond acceptors (Lipinski definition) is 5. The van der Waals surface area contributed by atoms with Crippen molar-refractivity contribution in [3.8, 4) is 5.75 Å². The standard InChI is InChI=1S/C23H29FN4O2/c1-5-11-25-23(29)16(4)17-6-8-18(9-7-17)30-19-10-12-28(14-19)22-20(24)13-26-21(27-22)15(2)3/h5-9,13,15-16,19H,1,10-12,14H2,2-4H3,(H,25,29). The van der Waals surface area contributed by atoms with Gasteiger partial charge in [-0.2, -0.15) is 0 Å². The summed E-state index contributed by atoms with van der Waals surface area (Å²) in [4.78, 5) is 22.5. The summed E-state index contributed by atoms with van der Waals surface area (Å²) >= 11 is 0. The Morgan fingerprint density at radius 3 is 2.77 bits per heavy atom. The number of hydrogen-bond donors (Lipinski definition) is 1. The molecule has 0 bridgehead atoms. The minimum Gasteiger partial charge on any atom is -0.489 e. The predicted octanol–water partition coefficient (Wildman–Crippen LogP) is 3.80. The highest BCUT2D eigenvalue weighted by molar-refractivity contribution is 5.83. The predicted molar refractivity (Wildman–Crippen MR) is 115 cm³/mol. The molecule has 0 radical (unpaired) electrons. The van der Waals surface area contributed by atoms with Gasteiger partial charge in [-0.1, -0.05) is 32.1 Å². The van der Waals surface area contributed by atoms with Gasteiger partial charge in [-0.05, 0) is 24.6 Å². The molecule has 1 saturated heterocycles. The molecule has 1 N–H and O–H groups in total. The van der Waals surface area contributed by atoms with Gasteiger partial charge in [-0.25, -0.2) is 14.4 Å². The van der Waals surface area contributed by atoms with Crippen LogP contribution in [-0.4, -0.2) is 41.6 Å². The molecular weight excluding hydrogens is 383 g/mol. The smallest absolute Gasteiger partial charge is 0.227 e. The lowest BCUT2D eigenvalue weighted by Crippen LogP contribution is -2.28. The Bertz CT molecular complexity index is 885. The van der Waals surface area contributed by atoms with Gasteiger partial charge in [0.05, 0.1) is 18.7 Å². The van der Waals surface area contributed by atoms with Crippen LogP contribution in [-0.2, 0) is 4.79 Å². The zero-order chi connectivity index (χ0) is 21.7. The van der Waals surface area contributed by atoms with Gasteiger partial charge in [0.15, 0.2) is 11.6 Å². The monoisotopic (exact) mass is 412 g/mol. The van der Waals surface area contributed by atoms with Crippen molar-refractivity contribution in [3.63, 3.8) is 0 Å². The van der Waals surface area contributed by atoms with Crippen molar-refractivity contribution in [2.75, 3.05) is 24.5 Å². The van der Waals surface area contributed by atoms with E-state index in [2.05, 4.69) is 21.9 Å². The Hall–Kier alpha value is -2.96. The van der Waals surface area contributed by atoms with E-state index in [9.17, 15) is 9.18 Å². The van der Waals surface area contributed by atoms with Crippen LogP contribution in [0.2, 0.25) is 0 Å². The fraction of sp³-hybridized carbons (Fsp3) is 0.435. The second-order valence-electron chi connectivity index (χ2n) is 7.85. The number of rotatable bonds is 8. The fourth-order valence-electron chi connectivity index (χ4n) is 3.39. The Balaban J connectivity index is 1.60. The Labute approximate surface area is 177 Å². The molecule has 2 aromatic rings. The molecule has 0 spiro atoms. The number of ether oxygens (including phenoxy) is 1. The van der Waals surface area contributed by atoms with Crippen LogP contribution in [0.3, 0.4) is 0 Å². The van der Waals surface area contributed by atoms with Crippen molar-refractivity contribution >= 4 is 11.7 Å². The molecule has 0 aliphatic carbocycles. The Kier molecular flexibility index (Phi) is 7.03. The number of benzene rings is 1. The second kappa shape index (κ2) is 9.69. The summed E-state index contributed by atoms with van der Waals surface area (Å²) in [5, 5.41) is 2.80. The number of amides is 1. The molecule has 2 atom stereocenters. The average molecular weight is 413 g/mol. The molecule has 0 saturated carbocycles. The molecular formula is C23H29FN4O2. The molecule has 2 unspecified atom stereocenters. The van der Waals surface area contributed by atoms with Crippen molar-refractivity contribution in [1.82, 2.24) is 15.3 Å². The number of halogens is 1. The molecule has 2 heterocycles. The van der Waals surface area contributed by atoms with Crippen LogP contribution in [0.15, 0.2) is 43.1 Å². The van der Waals surface area contributed by atoms with Gasteiger partial charge in [-0.3, -0.25) is 4.79 Å². The van der Waals surface area contributed by atoms with Crippen LogP contribution in [0, 0.1) is 5.82 Å². The van der Waals surface area contributed by atoms with E-state index >= 15 is 0 Å². The van der Waals surface area contributed by atoms with Crippen molar-refractivity contribution < 1.29 is 13.9 Å². The van der Waals surface area contributed by atoms with Gasteiger partial charge in [0.25, 0.3) is 0 Å². The molecule has 1 fully saturated rings. The van der Waals surface area contributed by atoms with Gasteiger partial charge in [0, 0.05) is 25.4 Å². The first-order valence-corrected chi connectivity index (χ1v) is 10.3. The second-order valence-corrected chi connectivity index (χ2v) is 7.85. The molecule has 1 aliphatic heterocycles. The van der Waals surface area contributed by atoms with E-state index in [0.717, 1.165) is 17.7 Å². The zero-order valence-electron chi connectivity index (χ0n) is 17.8. The third-order valence-electron chi connectivity index (χ3n) is 5.20. The molecule has 160 valence electrons. The lowest BCUT2D eigenvalue weighted by Gasteiger charge is -2.19. The van der Waals surface area contributed by atoms with Crippen molar-refractivity contribution in [3.05, 3.63) is 60.3 Å². The Morgan fingerprint density at radius 2 is 2.10 bits per heavy atom. The molecule has 1 aromatic heterocycles. The molecule has 1 aliphatic rings. The normalized spacial score (nSPS) is 17.1. The molecule has 1 aromatic carbocycles. The van der Waals surface area contributed by atoms with E-state index in [1.807, 2.05) is 49.9 Å². The average Bonchev–Trinajstić information content (AvgIpc) is 3.20. The van der Waals surface area contributed by atoms with Gasteiger partial charge in [0.1, 0.15) is 17.7 Å². The maximum Gasteiger partial charge on any atom is 0.227 e.